The fourth-order valence-corrected chi connectivity index (χ4v) is 3.32. The first-order valence-electron chi connectivity index (χ1n) is 8.47. The smallest absolute Gasteiger partial charge is 0.253 e. The lowest BCUT2D eigenvalue weighted by molar-refractivity contribution is -0.138. The third-order valence-corrected chi connectivity index (χ3v) is 4.74. The topological polar surface area (TPSA) is 78.5 Å². The van der Waals surface area contributed by atoms with Gasteiger partial charge in [-0.25, -0.2) is 0 Å². The van der Waals surface area contributed by atoms with E-state index in [1.165, 1.54) is 17.1 Å². The lowest BCUT2D eigenvalue weighted by Crippen LogP contribution is -2.39. The predicted molar refractivity (Wildman–Crippen MR) is 87.4 cm³/mol. The standard InChI is InChI=1S/C17H27N3O3/c1-12(9-18-2)10-19-17(23)14-5-3-13(4-6-14)11-20-15(21)7-8-16(20)22/h7-8,12-14,18H,3-6,9-11H2,1-2H3,(H,19,23). The Hall–Kier alpha value is -1.69. The zero-order valence-corrected chi connectivity index (χ0v) is 14.0. The molecule has 0 saturated heterocycles. The summed E-state index contributed by atoms with van der Waals surface area (Å²) in [5, 5.41) is 6.13. The molecule has 0 bridgehead atoms. The van der Waals surface area contributed by atoms with Crippen LogP contribution in [0.15, 0.2) is 12.2 Å². The number of rotatable bonds is 7. The minimum absolute atomic E-state index is 0.0659. The molecule has 0 aromatic rings. The molecule has 1 atom stereocenters. The zero-order valence-electron chi connectivity index (χ0n) is 14.0. The highest BCUT2D eigenvalue weighted by molar-refractivity contribution is 6.12. The van der Waals surface area contributed by atoms with E-state index >= 15 is 0 Å². The van der Waals surface area contributed by atoms with Crippen LogP contribution in [0.25, 0.3) is 0 Å². The maximum atomic E-state index is 12.2. The van der Waals surface area contributed by atoms with Crippen molar-refractivity contribution in [2.45, 2.75) is 32.6 Å². The molecule has 2 rings (SSSR count). The predicted octanol–water partition coefficient (Wildman–Crippen LogP) is 0.689. The largest absolute Gasteiger partial charge is 0.356 e. The monoisotopic (exact) mass is 321 g/mol. The number of nitrogens with zero attached hydrogens (tertiary/aromatic N) is 1. The second-order valence-corrected chi connectivity index (χ2v) is 6.75. The van der Waals surface area contributed by atoms with Crippen LogP contribution in [-0.2, 0) is 14.4 Å². The molecular formula is C17H27N3O3. The Kier molecular flexibility index (Phi) is 6.33. The highest BCUT2D eigenvalue weighted by Crippen LogP contribution is 2.30. The van der Waals surface area contributed by atoms with Crippen LogP contribution in [0, 0.1) is 17.8 Å². The molecule has 1 fully saturated rings. The molecule has 128 valence electrons. The van der Waals surface area contributed by atoms with Crippen LogP contribution in [0.4, 0.5) is 0 Å². The maximum Gasteiger partial charge on any atom is 0.253 e. The molecule has 23 heavy (non-hydrogen) atoms. The number of hydrogen-bond donors (Lipinski definition) is 2. The van der Waals surface area contributed by atoms with Crippen LogP contribution in [0.1, 0.15) is 32.6 Å². The lowest BCUT2D eigenvalue weighted by atomic mass is 9.81. The van der Waals surface area contributed by atoms with E-state index in [1.807, 2.05) is 7.05 Å². The summed E-state index contributed by atoms with van der Waals surface area (Å²) < 4.78 is 0. The van der Waals surface area contributed by atoms with Crippen molar-refractivity contribution in [1.82, 2.24) is 15.5 Å². The van der Waals surface area contributed by atoms with E-state index in [-0.39, 0.29) is 23.6 Å². The third-order valence-electron chi connectivity index (χ3n) is 4.74. The number of nitrogens with one attached hydrogen (secondary N) is 2. The Morgan fingerprint density at radius 3 is 2.35 bits per heavy atom. The number of imide groups is 1. The van der Waals surface area contributed by atoms with E-state index in [1.54, 1.807) is 0 Å². The average Bonchev–Trinajstić information content (AvgIpc) is 2.85. The second kappa shape index (κ2) is 8.24. The molecule has 0 aromatic heterocycles. The van der Waals surface area contributed by atoms with E-state index < -0.39 is 0 Å². The molecule has 6 nitrogen and oxygen atoms in total. The van der Waals surface area contributed by atoms with Crippen molar-refractivity contribution in [2.75, 3.05) is 26.7 Å². The van der Waals surface area contributed by atoms with Gasteiger partial charge in [0.1, 0.15) is 0 Å². The number of amides is 3. The number of carbonyl (C=O) groups excluding carboxylic acids is 3. The van der Waals surface area contributed by atoms with Gasteiger partial charge in [0.15, 0.2) is 0 Å². The van der Waals surface area contributed by atoms with Gasteiger partial charge in [0.2, 0.25) is 5.91 Å². The van der Waals surface area contributed by atoms with Crippen molar-refractivity contribution in [3.05, 3.63) is 12.2 Å². The fraction of sp³-hybridized carbons (Fsp3) is 0.706. The van der Waals surface area contributed by atoms with Gasteiger partial charge in [-0.05, 0) is 51.1 Å². The molecule has 6 heteroatoms. The molecule has 2 N–H and O–H groups in total. The van der Waals surface area contributed by atoms with E-state index in [9.17, 15) is 14.4 Å². The Morgan fingerprint density at radius 2 is 1.78 bits per heavy atom. The van der Waals surface area contributed by atoms with Gasteiger partial charge in [-0.3, -0.25) is 19.3 Å². The molecule has 1 aliphatic carbocycles. The summed E-state index contributed by atoms with van der Waals surface area (Å²) in [6.45, 7) is 4.17. The van der Waals surface area contributed by atoms with Gasteiger partial charge in [0, 0.05) is 31.2 Å². The molecule has 1 aliphatic heterocycles. The number of hydrogen-bond acceptors (Lipinski definition) is 4. The molecule has 0 spiro atoms. The summed E-state index contributed by atoms with van der Waals surface area (Å²) >= 11 is 0. The molecule has 3 amide bonds. The molecule has 1 saturated carbocycles. The van der Waals surface area contributed by atoms with Gasteiger partial charge >= 0.3 is 0 Å². The van der Waals surface area contributed by atoms with Crippen molar-refractivity contribution in [3.63, 3.8) is 0 Å². The Labute approximate surface area is 137 Å². The molecule has 1 unspecified atom stereocenters. The summed E-state index contributed by atoms with van der Waals surface area (Å²) in [4.78, 5) is 36.7. The van der Waals surface area contributed by atoms with Crippen molar-refractivity contribution in [3.8, 4) is 0 Å². The molecular weight excluding hydrogens is 294 g/mol. The summed E-state index contributed by atoms with van der Waals surface area (Å²) in [7, 11) is 1.91. The Balaban J connectivity index is 1.70. The molecule has 1 heterocycles. The highest BCUT2D eigenvalue weighted by atomic mass is 16.2. The molecule has 0 radical (unpaired) electrons. The van der Waals surface area contributed by atoms with E-state index in [0.717, 1.165) is 32.2 Å². The summed E-state index contributed by atoms with van der Waals surface area (Å²) in [6.07, 6.45) is 6.10. The minimum atomic E-state index is -0.214. The lowest BCUT2D eigenvalue weighted by Gasteiger charge is -2.30. The zero-order chi connectivity index (χ0) is 16.8. The fourth-order valence-electron chi connectivity index (χ4n) is 3.32. The third kappa shape index (κ3) is 4.89. The van der Waals surface area contributed by atoms with Gasteiger partial charge in [-0.15, -0.1) is 0 Å². The van der Waals surface area contributed by atoms with Gasteiger partial charge < -0.3 is 10.6 Å². The summed E-state index contributed by atoms with van der Waals surface area (Å²) in [5.41, 5.74) is 0. The number of carbonyl (C=O) groups is 3. The van der Waals surface area contributed by atoms with Crippen LogP contribution in [0.5, 0.6) is 0 Å². The Bertz CT molecular complexity index is 463. The second-order valence-electron chi connectivity index (χ2n) is 6.75. The van der Waals surface area contributed by atoms with E-state index in [0.29, 0.717) is 24.9 Å². The van der Waals surface area contributed by atoms with Crippen LogP contribution in [-0.4, -0.2) is 49.3 Å². The summed E-state index contributed by atoms with van der Waals surface area (Å²) in [6, 6.07) is 0. The van der Waals surface area contributed by atoms with Crippen LogP contribution in [0.3, 0.4) is 0 Å². The van der Waals surface area contributed by atoms with Crippen LogP contribution < -0.4 is 10.6 Å². The normalized spacial score (nSPS) is 25.7. The minimum Gasteiger partial charge on any atom is -0.356 e. The van der Waals surface area contributed by atoms with Gasteiger partial charge in [-0.1, -0.05) is 6.92 Å². The molecule has 2 aliphatic rings. The van der Waals surface area contributed by atoms with Crippen LogP contribution >= 0.6 is 0 Å². The van der Waals surface area contributed by atoms with Crippen molar-refractivity contribution in [1.29, 1.82) is 0 Å². The van der Waals surface area contributed by atoms with Crippen molar-refractivity contribution >= 4 is 17.7 Å². The maximum absolute atomic E-state index is 12.2. The quantitative estimate of drug-likeness (QED) is 0.676. The highest BCUT2D eigenvalue weighted by Gasteiger charge is 2.31. The van der Waals surface area contributed by atoms with Gasteiger partial charge in [-0.2, -0.15) is 0 Å². The first-order chi connectivity index (χ1) is 11.0. The van der Waals surface area contributed by atoms with Gasteiger partial charge in [0.25, 0.3) is 11.8 Å². The SMILES string of the molecule is CNCC(C)CNC(=O)C1CCC(CN2C(=O)C=CC2=O)CC1. The van der Waals surface area contributed by atoms with E-state index in [2.05, 4.69) is 17.6 Å². The molecule has 0 aromatic carbocycles. The Morgan fingerprint density at radius 1 is 1.17 bits per heavy atom. The summed E-state index contributed by atoms with van der Waals surface area (Å²) in [5.74, 6) is 0.509. The first kappa shape index (κ1) is 17.7. The van der Waals surface area contributed by atoms with Gasteiger partial charge in [0.05, 0.1) is 0 Å². The average molecular weight is 321 g/mol. The van der Waals surface area contributed by atoms with Crippen molar-refractivity contribution in [2.24, 2.45) is 17.8 Å². The first-order valence-corrected chi connectivity index (χ1v) is 8.47. The van der Waals surface area contributed by atoms with E-state index in [4.69, 9.17) is 0 Å². The van der Waals surface area contributed by atoms with Crippen LogP contribution in [0.2, 0.25) is 0 Å². The van der Waals surface area contributed by atoms with Crippen molar-refractivity contribution < 1.29 is 14.4 Å².